The lowest BCUT2D eigenvalue weighted by molar-refractivity contribution is -0.123. The molecule has 5 heteroatoms. The summed E-state index contributed by atoms with van der Waals surface area (Å²) >= 11 is 5.89. The number of halogens is 1. The summed E-state index contributed by atoms with van der Waals surface area (Å²) < 4.78 is 5.43. The summed E-state index contributed by atoms with van der Waals surface area (Å²) in [6, 6.07) is 14.4. The Morgan fingerprint density at radius 1 is 1.26 bits per heavy atom. The van der Waals surface area contributed by atoms with Crippen molar-refractivity contribution in [2.45, 2.75) is 26.0 Å². The zero-order valence-corrected chi connectivity index (χ0v) is 13.7. The Morgan fingerprint density at radius 3 is 2.65 bits per heavy atom. The van der Waals surface area contributed by atoms with E-state index < -0.39 is 6.10 Å². The molecule has 0 radical (unpaired) electrons. The molecule has 2 aromatic carbocycles. The Balaban J connectivity index is 1.78. The first-order chi connectivity index (χ1) is 11.1. The number of rotatable bonds is 7. The third kappa shape index (κ3) is 5.58. The second-order valence-corrected chi connectivity index (χ2v) is 5.62. The highest BCUT2D eigenvalue weighted by atomic mass is 35.5. The molecule has 1 atom stereocenters. The molecule has 122 valence electrons. The topological polar surface area (TPSA) is 58.6 Å². The summed E-state index contributed by atoms with van der Waals surface area (Å²) in [5.41, 5.74) is 1.77. The molecule has 0 saturated heterocycles. The molecule has 1 unspecified atom stereocenters. The first kappa shape index (κ1) is 17.3. The molecule has 23 heavy (non-hydrogen) atoms. The maximum absolute atomic E-state index is 11.8. The summed E-state index contributed by atoms with van der Waals surface area (Å²) in [6.45, 7) is 2.26. The maximum Gasteiger partial charge on any atom is 0.258 e. The van der Waals surface area contributed by atoms with Gasteiger partial charge in [0.25, 0.3) is 5.91 Å². The smallest absolute Gasteiger partial charge is 0.258 e. The van der Waals surface area contributed by atoms with Crippen molar-refractivity contribution in [2.24, 2.45) is 0 Å². The molecule has 2 rings (SSSR count). The van der Waals surface area contributed by atoms with E-state index in [9.17, 15) is 9.90 Å². The van der Waals surface area contributed by atoms with Crippen molar-refractivity contribution in [3.05, 3.63) is 64.7 Å². The van der Waals surface area contributed by atoms with E-state index in [0.29, 0.717) is 23.7 Å². The molecule has 0 aliphatic heterocycles. The summed E-state index contributed by atoms with van der Waals surface area (Å²) in [5.74, 6) is 0.387. The van der Waals surface area contributed by atoms with Gasteiger partial charge in [0, 0.05) is 11.6 Å². The van der Waals surface area contributed by atoms with Gasteiger partial charge in [-0.1, -0.05) is 42.8 Å². The minimum atomic E-state index is -0.468. The fraction of sp³-hybridized carbons (Fsp3) is 0.278. The second kappa shape index (κ2) is 8.56. The summed E-state index contributed by atoms with van der Waals surface area (Å²) in [5, 5.41) is 13.1. The number of ether oxygens (including phenoxy) is 1. The van der Waals surface area contributed by atoms with Gasteiger partial charge in [-0.3, -0.25) is 4.79 Å². The largest absolute Gasteiger partial charge is 0.484 e. The number of hydrogen-bond donors (Lipinski definition) is 2. The molecular formula is C18H20ClNO3. The summed E-state index contributed by atoms with van der Waals surface area (Å²) in [6.07, 6.45) is 0.191. The van der Waals surface area contributed by atoms with Crippen LogP contribution in [0.15, 0.2) is 48.5 Å². The van der Waals surface area contributed by atoms with Crippen LogP contribution in [0, 0.1) is 0 Å². The van der Waals surface area contributed by atoms with Gasteiger partial charge in [0.2, 0.25) is 0 Å². The van der Waals surface area contributed by atoms with Gasteiger partial charge in [-0.25, -0.2) is 0 Å². The molecule has 0 saturated carbocycles. The quantitative estimate of drug-likeness (QED) is 0.815. The number of carbonyl (C=O) groups is 1. The minimum Gasteiger partial charge on any atom is -0.484 e. The van der Waals surface area contributed by atoms with Crippen LogP contribution in [0.5, 0.6) is 5.75 Å². The molecule has 1 amide bonds. The molecule has 0 fully saturated rings. The first-order valence-corrected chi connectivity index (χ1v) is 7.88. The predicted molar refractivity (Wildman–Crippen MR) is 90.5 cm³/mol. The zero-order valence-electron chi connectivity index (χ0n) is 13.0. The van der Waals surface area contributed by atoms with Crippen LogP contribution in [0.1, 0.15) is 30.6 Å². The highest BCUT2D eigenvalue weighted by Crippen LogP contribution is 2.19. The van der Waals surface area contributed by atoms with Crippen molar-refractivity contribution in [3.63, 3.8) is 0 Å². The van der Waals surface area contributed by atoms with Gasteiger partial charge in [-0.15, -0.1) is 0 Å². The van der Waals surface area contributed by atoms with Crippen LogP contribution in [-0.4, -0.2) is 17.6 Å². The Kier molecular flexibility index (Phi) is 6.44. The molecule has 0 bridgehead atoms. The third-order valence-corrected chi connectivity index (χ3v) is 3.64. The van der Waals surface area contributed by atoms with Gasteiger partial charge in [0.05, 0.1) is 6.10 Å². The average Bonchev–Trinajstić information content (AvgIpc) is 2.58. The third-order valence-electron chi connectivity index (χ3n) is 3.40. The van der Waals surface area contributed by atoms with Gasteiger partial charge in [-0.05, 0) is 41.8 Å². The van der Waals surface area contributed by atoms with Crippen molar-refractivity contribution in [2.75, 3.05) is 6.61 Å². The Hall–Kier alpha value is -2.04. The van der Waals surface area contributed by atoms with Crippen LogP contribution in [0.4, 0.5) is 0 Å². The fourth-order valence-corrected chi connectivity index (χ4v) is 2.28. The zero-order chi connectivity index (χ0) is 16.7. The van der Waals surface area contributed by atoms with E-state index in [-0.39, 0.29) is 12.5 Å². The van der Waals surface area contributed by atoms with Crippen molar-refractivity contribution in [1.29, 1.82) is 0 Å². The lowest BCUT2D eigenvalue weighted by Gasteiger charge is -2.10. The van der Waals surface area contributed by atoms with E-state index in [0.717, 1.165) is 11.1 Å². The number of aliphatic hydroxyl groups excluding tert-OH is 1. The monoisotopic (exact) mass is 333 g/mol. The first-order valence-electron chi connectivity index (χ1n) is 7.50. The van der Waals surface area contributed by atoms with E-state index in [1.807, 2.05) is 19.1 Å². The number of carbonyl (C=O) groups excluding carboxylic acids is 1. The number of benzene rings is 2. The average molecular weight is 334 g/mol. The molecule has 0 spiro atoms. The molecule has 0 aromatic heterocycles. The highest BCUT2D eigenvalue weighted by Gasteiger charge is 2.06. The van der Waals surface area contributed by atoms with E-state index in [4.69, 9.17) is 16.3 Å². The standard InChI is InChI=1S/C18H20ClNO3/c1-2-17(21)14-6-8-16(9-7-14)23-12-18(22)20-11-13-4-3-5-15(19)10-13/h3-10,17,21H,2,11-12H2,1H3,(H,20,22). The number of nitrogens with one attached hydrogen (secondary N) is 1. The van der Waals surface area contributed by atoms with Crippen LogP contribution in [0.2, 0.25) is 5.02 Å². The van der Waals surface area contributed by atoms with Crippen molar-refractivity contribution in [3.8, 4) is 5.75 Å². The number of aliphatic hydroxyl groups is 1. The van der Waals surface area contributed by atoms with Gasteiger partial charge in [0.15, 0.2) is 6.61 Å². The number of amides is 1. The van der Waals surface area contributed by atoms with E-state index in [1.54, 1.807) is 36.4 Å². The van der Waals surface area contributed by atoms with Crippen molar-refractivity contribution >= 4 is 17.5 Å². The van der Waals surface area contributed by atoms with E-state index >= 15 is 0 Å². The maximum atomic E-state index is 11.8. The van der Waals surface area contributed by atoms with Crippen LogP contribution in [0.3, 0.4) is 0 Å². The molecule has 2 aromatic rings. The minimum absolute atomic E-state index is 0.0593. The molecule has 0 heterocycles. The fourth-order valence-electron chi connectivity index (χ4n) is 2.07. The van der Waals surface area contributed by atoms with E-state index in [2.05, 4.69) is 5.32 Å². The Bertz CT molecular complexity index is 643. The normalized spacial score (nSPS) is 11.8. The molecular weight excluding hydrogens is 314 g/mol. The molecule has 0 aliphatic rings. The van der Waals surface area contributed by atoms with Gasteiger partial charge < -0.3 is 15.2 Å². The lowest BCUT2D eigenvalue weighted by Crippen LogP contribution is -2.28. The van der Waals surface area contributed by atoms with Crippen LogP contribution in [-0.2, 0) is 11.3 Å². The van der Waals surface area contributed by atoms with Crippen molar-refractivity contribution in [1.82, 2.24) is 5.32 Å². The summed E-state index contributed by atoms with van der Waals surface area (Å²) in [7, 11) is 0. The van der Waals surface area contributed by atoms with E-state index in [1.165, 1.54) is 0 Å². The van der Waals surface area contributed by atoms with Gasteiger partial charge in [0.1, 0.15) is 5.75 Å². The Morgan fingerprint density at radius 2 is 2.00 bits per heavy atom. The second-order valence-electron chi connectivity index (χ2n) is 5.19. The molecule has 2 N–H and O–H groups in total. The highest BCUT2D eigenvalue weighted by molar-refractivity contribution is 6.30. The molecule has 4 nitrogen and oxygen atoms in total. The van der Waals surface area contributed by atoms with Crippen LogP contribution < -0.4 is 10.1 Å². The van der Waals surface area contributed by atoms with Crippen LogP contribution in [0.25, 0.3) is 0 Å². The number of hydrogen-bond acceptors (Lipinski definition) is 3. The Labute approximate surface area is 141 Å². The van der Waals surface area contributed by atoms with Gasteiger partial charge >= 0.3 is 0 Å². The SMILES string of the molecule is CCC(O)c1ccc(OCC(=O)NCc2cccc(Cl)c2)cc1. The lowest BCUT2D eigenvalue weighted by atomic mass is 10.1. The predicted octanol–water partition coefficient (Wildman–Crippen LogP) is 3.48. The van der Waals surface area contributed by atoms with Crippen molar-refractivity contribution < 1.29 is 14.6 Å². The summed E-state index contributed by atoms with van der Waals surface area (Å²) in [4.78, 5) is 11.8. The van der Waals surface area contributed by atoms with Crippen LogP contribution >= 0.6 is 11.6 Å². The molecule has 0 aliphatic carbocycles. The van der Waals surface area contributed by atoms with Gasteiger partial charge in [-0.2, -0.15) is 0 Å².